The quantitative estimate of drug-likeness (QED) is 0.633. The number of carbonyl (C=O) groups is 1. The summed E-state index contributed by atoms with van der Waals surface area (Å²) in [5, 5.41) is -1.30. The molecule has 0 saturated heterocycles. The minimum absolute atomic E-state index is 0.165. The zero-order chi connectivity index (χ0) is 15.5. The largest absolute Gasteiger partial charge is 0.468 e. The van der Waals surface area contributed by atoms with Crippen molar-refractivity contribution in [3.8, 4) is 0 Å². The summed E-state index contributed by atoms with van der Waals surface area (Å²) in [6, 6.07) is 6.45. The van der Waals surface area contributed by atoms with Crippen LogP contribution in [0.1, 0.15) is 12.5 Å². The summed E-state index contributed by atoms with van der Waals surface area (Å²) in [6.07, 6.45) is 0. The van der Waals surface area contributed by atoms with Gasteiger partial charge in [-0.25, -0.2) is 8.42 Å². The highest BCUT2D eigenvalue weighted by atomic mass is 32.2. The lowest BCUT2D eigenvalue weighted by Gasteiger charge is -2.22. The number of hydrogen-bond donors (Lipinski definition) is 1. The van der Waals surface area contributed by atoms with Crippen molar-refractivity contribution in [3.63, 3.8) is 0 Å². The van der Waals surface area contributed by atoms with Crippen molar-refractivity contribution in [2.75, 3.05) is 18.5 Å². The molecule has 1 aromatic carbocycles. The minimum Gasteiger partial charge on any atom is -0.468 e. The fourth-order valence-corrected chi connectivity index (χ4v) is 2.87. The van der Waals surface area contributed by atoms with Gasteiger partial charge in [-0.15, -0.1) is 0 Å². The molecule has 1 aromatic rings. The lowest BCUT2D eigenvalue weighted by atomic mass is 10.2. The summed E-state index contributed by atoms with van der Waals surface area (Å²) in [7, 11) is -1.38. The molecule has 0 radical (unpaired) electrons. The number of methoxy groups -OCH3 is 1. The van der Waals surface area contributed by atoms with Crippen LogP contribution >= 0.6 is 12.2 Å². The molecule has 0 aliphatic rings. The smallest absolute Gasteiger partial charge is 0.325 e. The highest BCUT2D eigenvalue weighted by Gasteiger charge is 2.33. The van der Waals surface area contributed by atoms with Crippen molar-refractivity contribution < 1.29 is 17.9 Å². The summed E-state index contributed by atoms with van der Waals surface area (Å²) < 4.78 is 30.0. The van der Waals surface area contributed by atoms with Crippen LogP contribution in [-0.2, 0) is 19.6 Å². The molecule has 0 aliphatic heterocycles. The second-order valence-corrected chi connectivity index (χ2v) is 6.82. The van der Waals surface area contributed by atoms with Gasteiger partial charge < -0.3 is 10.5 Å². The number of rotatable bonds is 5. The Morgan fingerprint density at radius 3 is 2.55 bits per heavy atom. The molecule has 8 heteroatoms. The molecule has 110 valence electrons. The predicted molar refractivity (Wildman–Crippen MR) is 81.1 cm³/mol. The lowest BCUT2D eigenvalue weighted by Crippen LogP contribution is -2.39. The molecule has 0 amide bonds. The molecule has 0 aromatic heterocycles. The van der Waals surface area contributed by atoms with E-state index in [1.54, 1.807) is 24.3 Å². The summed E-state index contributed by atoms with van der Waals surface area (Å²) in [5.41, 5.74) is 6.42. The second-order valence-electron chi connectivity index (χ2n) is 4.09. The zero-order valence-corrected chi connectivity index (χ0v) is 13.0. The van der Waals surface area contributed by atoms with Crippen LogP contribution in [0.25, 0.3) is 0 Å². The van der Waals surface area contributed by atoms with Crippen molar-refractivity contribution in [1.82, 2.24) is 0 Å². The fourth-order valence-electron chi connectivity index (χ4n) is 1.53. The minimum atomic E-state index is -3.87. The van der Waals surface area contributed by atoms with Gasteiger partial charge in [0, 0.05) is 12.6 Å². The van der Waals surface area contributed by atoms with Crippen molar-refractivity contribution in [2.24, 2.45) is 5.73 Å². The first-order valence-electron chi connectivity index (χ1n) is 5.67. The number of anilines is 1. The number of hydrogen-bond acceptors (Lipinski definition) is 5. The average molecular weight is 316 g/mol. The van der Waals surface area contributed by atoms with Crippen LogP contribution in [0.4, 0.5) is 5.69 Å². The summed E-state index contributed by atoms with van der Waals surface area (Å²) in [4.78, 5) is 11.6. The van der Waals surface area contributed by atoms with E-state index in [0.717, 1.165) is 11.4 Å². The number of nitrogens with zero attached hydrogens (tertiary/aromatic N) is 1. The number of carbonyl (C=O) groups excluding carboxylic acids is 1. The maximum Gasteiger partial charge on any atom is 0.325 e. The van der Waals surface area contributed by atoms with E-state index >= 15 is 0 Å². The van der Waals surface area contributed by atoms with Crippen molar-refractivity contribution >= 4 is 38.9 Å². The third-order valence-corrected chi connectivity index (χ3v) is 5.15. The first-order valence-corrected chi connectivity index (χ1v) is 7.58. The molecule has 1 rings (SSSR count). The van der Waals surface area contributed by atoms with E-state index in [1.807, 2.05) is 0 Å². The molecule has 20 heavy (non-hydrogen) atoms. The molecule has 1 atom stereocenters. The van der Waals surface area contributed by atoms with Crippen molar-refractivity contribution in [3.05, 3.63) is 29.8 Å². The first-order chi connectivity index (χ1) is 9.21. The van der Waals surface area contributed by atoms with Gasteiger partial charge >= 0.3 is 5.97 Å². The van der Waals surface area contributed by atoms with Crippen molar-refractivity contribution in [1.29, 1.82) is 0 Å². The van der Waals surface area contributed by atoms with E-state index in [9.17, 15) is 13.2 Å². The highest BCUT2D eigenvalue weighted by Crippen LogP contribution is 2.20. The number of thiocarbonyl (C=S) groups is 1. The maximum atomic E-state index is 12.3. The highest BCUT2D eigenvalue weighted by molar-refractivity contribution is 7.94. The van der Waals surface area contributed by atoms with Crippen LogP contribution in [0.2, 0.25) is 0 Å². The Bertz CT molecular complexity index is 628. The third-order valence-electron chi connectivity index (χ3n) is 2.86. The number of nitrogens with two attached hydrogens (primary N) is 1. The van der Waals surface area contributed by atoms with Gasteiger partial charge in [0.1, 0.15) is 4.99 Å². The normalized spacial score (nSPS) is 12.6. The van der Waals surface area contributed by atoms with Crippen molar-refractivity contribution in [2.45, 2.75) is 12.2 Å². The van der Waals surface area contributed by atoms with Gasteiger partial charge in [-0.2, -0.15) is 0 Å². The predicted octanol–water partition coefficient (Wildman–Crippen LogP) is 0.648. The molecular weight excluding hydrogens is 300 g/mol. The number of ether oxygens (including phenoxy) is 1. The van der Waals surface area contributed by atoms with Gasteiger partial charge in [0.25, 0.3) is 0 Å². The molecule has 0 aliphatic carbocycles. The Hall–Kier alpha value is -1.67. The van der Waals surface area contributed by atoms with Gasteiger partial charge in [-0.05, 0) is 19.1 Å². The summed E-state index contributed by atoms with van der Waals surface area (Å²) >= 11 is 4.85. The van der Waals surface area contributed by atoms with Gasteiger partial charge in [0.05, 0.1) is 12.8 Å². The number of sulfonamides is 1. The Labute approximate surface area is 123 Å². The molecule has 6 nitrogen and oxygen atoms in total. The van der Waals surface area contributed by atoms with Gasteiger partial charge in [0.15, 0.2) is 5.25 Å². The Balaban J connectivity index is 3.17. The topological polar surface area (TPSA) is 89.7 Å². The molecule has 1 unspecified atom stereocenters. The third kappa shape index (κ3) is 3.26. The Kier molecular flexibility index (Phi) is 5.07. The molecule has 0 heterocycles. The van der Waals surface area contributed by atoms with Gasteiger partial charge in [-0.1, -0.05) is 24.4 Å². The Morgan fingerprint density at radius 1 is 1.45 bits per heavy atom. The van der Waals surface area contributed by atoms with E-state index in [1.165, 1.54) is 14.0 Å². The van der Waals surface area contributed by atoms with Crippen LogP contribution < -0.4 is 10.0 Å². The molecule has 0 fully saturated rings. The van der Waals surface area contributed by atoms with Crippen LogP contribution in [0, 0.1) is 0 Å². The molecule has 0 saturated carbocycles. The molecule has 2 N–H and O–H groups in total. The van der Waals surface area contributed by atoms with E-state index < -0.39 is 21.2 Å². The fraction of sp³-hybridized carbons (Fsp3) is 0.333. The lowest BCUT2D eigenvalue weighted by molar-refractivity contribution is -0.139. The van der Waals surface area contributed by atoms with Crippen LogP contribution in [0.15, 0.2) is 24.3 Å². The van der Waals surface area contributed by atoms with Gasteiger partial charge in [-0.3, -0.25) is 9.10 Å². The van der Waals surface area contributed by atoms with Crippen LogP contribution in [-0.4, -0.2) is 38.8 Å². The number of esters is 1. The van der Waals surface area contributed by atoms with E-state index in [2.05, 4.69) is 4.74 Å². The zero-order valence-electron chi connectivity index (χ0n) is 11.4. The second kappa shape index (κ2) is 6.19. The monoisotopic (exact) mass is 316 g/mol. The molecular formula is C12H16N2O4S2. The van der Waals surface area contributed by atoms with E-state index in [0.29, 0.717) is 11.3 Å². The maximum absolute atomic E-state index is 12.3. The standard InChI is InChI=1S/C12H16N2O4S2/c1-8(12(15)18-3)20(16,17)14(2)10-6-4-5-9(7-10)11(13)19/h4-8H,1-3H3,(H2,13,19). The van der Waals surface area contributed by atoms with E-state index in [-0.39, 0.29) is 4.99 Å². The van der Waals surface area contributed by atoms with Crippen LogP contribution in [0.5, 0.6) is 0 Å². The Morgan fingerprint density at radius 2 is 2.05 bits per heavy atom. The average Bonchev–Trinajstić information content (AvgIpc) is 2.44. The van der Waals surface area contributed by atoms with Gasteiger partial charge in [0.2, 0.25) is 10.0 Å². The molecule has 0 bridgehead atoms. The number of benzene rings is 1. The van der Waals surface area contributed by atoms with E-state index in [4.69, 9.17) is 18.0 Å². The summed E-state index contributed by atoms with van der Waals surface area (Å²) in [5.74, 6) is -0.817. The van der Waals surface area contributed by atoms with Crippen LogP contribution in [0.3, 0.4) is 0 Å². The SMILES string of the molecule is COC(=O)C(C)S(=O)(=O)N(C)c1cccc(C(N)=S)c1. The summed E-state index contributed by atoms with van der Waals surface area (Å²) in [6.45, 7) is 1.27. The first kappa shape index (κ1) is 16.4. The molecule has 0 spiro atoms.